The Bertz CT molecular complexity index is 642. The van der Waals surface area contributed by atoms with Crippen LogP contribution in [0.3, 0.4) is 0 Å². The molecule has 1 unspecified atom stereocenters. The average Bonchev–Trinajstić information content (AvgIpc) is 2.48. The van der Waals surface area contributed by atoms with E-state index in [9.17, 15) is 4.39 Å². The topological polar surface area (TPSA) is 21.3 Å². The standard InChI is InChI=1S/C17H17ClFNO/c1-11-8-17-14(9-15(11)18)16(6-7-21-17)20-10-12-2-4-13(19)5-3-12/h2-5,8-9,16,20H,6-7,10H2,1H3. The molecule has 110 valence electrons. The number of ether oxygens (including phenoxy) is 1. The van der Waals surface area contributed by atoms with Crippen molar-refractivity contribution < 1.29 is 9.13 Å². The van der Waals surface area contributed by atoms with Crippen LogP contribution in [0.4, 0.5) is 4.39 Å². The van der Waals surface area contributed by atoms with Gasteiger partial charge in [0.05, 0.1) is 6.61 Å². The molecule has 0 aromatic heterocycles. The fourth-order valence-corrected chi connectivity index (χ4v) is 2.74. The zero-order valence-electron chi connectivity index (χ0n) is 11.8. The predicted octanol–water partition coefficient (Wildman–Crippen LogP) is 4.40. The molecule has 0 aliphatic carbocycles. The Morgan fingerprint density at radius 1 is 1.29 bits per heavy atom. The molecule has 0 saturated heterocycles. The first kappa shape index (κ1) is 14.4. The molecule has 3 rings (SSSR count). The van der Waals surface area contributed by atoms with Gasteiger partial charge in [-0.15, -0.1) is 0 Å². The molecule has 4 heteroatoms. The highest BCUT2D eigenvalue weighted by molar-refractivity contribution is 6.31. The third kappa shape index (κ3) is 3.20. The maximum Gasteiger partial charge on any atom is 0.124 e. The van der Waals surface area contributed by atoms with Crippen molar-refractivity contribution >= 4 is 11.6 Å². The van der Waals surface area contributed by atoms with Gasteiger partial charge < -0.3 is 10.1 Å². The Morgan fingerprint density at radius 3 is 2.81 bits per heavy atom. The van der Waals surface area contributed by atoms with Crippen LogP contribution >= 0.6 is 11.6 Å². The first-order valence-corrected chi connectivity index (χ1v) is 7.42. The molecule has 1 heterocycles. The number of hydrogen-bond donors (Lipinski definition) is 1. The third-order valence-electron chi connectivity index (χ3n) is 3.80. The minimum Gasteiger partial charge on any atom is -0.493 e. The molecule has 0 bridgehead atoms. The Kier molecular flexibility index (Phi) is 4.13. The van der Waals surface area contributed by atoms with E-state index in [0.29, 0.717) is 13.2 Å². The molecule has 2 nitrogen and oxygen atoms in total. The number of benzene rings is 2. The first-order chi connectivity index (χ1) is 10.1. The summed E-state index contributed by atoms with van der Waals surface area (Å²) in [7, 11) is 0. The minimum atomic E-state index is -0.211. The van der Waals surface area contributed by atoms with Crippen LogP contribution in [0.25, 0.3) is 0 Å². The lowest BCUT2D eigenvalue weighted by molar-refractivity contribution is 0.252. The van der Waals surface area contributed by atoms with Gasteiger partial charge in [0.1, 0.15) is 11.6 Å². The van der Waals surface area contributed by atoms with Crippen molar-refractivity contribution in [1.29, 1.82) is 0 Å². The molecule has 0 fully saturated rings. The second kappa shape index (κ2) is 6.04. The van der Waals surface area contributed by atoms with E-state index in [-0.39, 0.29) is 11.9 Å². The van der Waals surface area contributed by atoms with E-state index in [1.54, 1.807) is 12.1 Å². The van der Waals surface area contributed by atoms with Crippen LogP contribution in [-0.2, 0) is 6.54 Å². The van der Waals surface area contributed by atoms with Crippen molar-refractivity contribution in [3.63, 3.8) is 0 Å². The van der Waals surface area contributed by atoms with E-state index in [1.165, 1.54) is 12.1 Å². The summed E-state index contributed by atoms with van der Waals surface area (Å²) in [6.45, 7) is 3.35. The summed E-state index contributed by atoms with van der Waals surface area (Å²) in [6, 6.07) is 10.7. The van der Waals surface area contributed by atoms with Crippen LogP contribution in [0.15, 0.2) is 36.4 Å². The summed E-state index contributed by atoms with van der Waals surface area (Å²) in [6.07, 6.45) is 0.896. The van der Waals surface area contributed by atoms with Crippen LogP contribution in [-0.4, -0.2) is 6.61 Å². The maximum absolute atomic E-state index is 12.9. The van der Waals surface area contributed by atoms with Gasteiger partial charge in [-0.1, -0.05) is 23.7 Å². The molecule has 21 heavy (non-hydrogen) atoms. The summed E-state index contributed by atoms with van der Waals surface area (Å²) in [5, 5.41) is 4.26. The summed E-state index contributed by atoms with van der Waals surface area (Å²) in [5.41, 5.74) is 3.18. The smallest absolute Gasteiger partial charge is 0.124 e. The van der Waals surface area contributed by atoms with Crippen LogP contribution < -0.4 is 10.1 Å². The average molecular weight is 306 g/mol. The molecular formula is C17H17ClFNO. The number of fused-ring (bicyclic) bond motifs is 1. The van der Waals surface area contributed by atoms with Gasteiger partial charge in [0, 0.05) is 29.6 Å². The highest BCUT2D eigenvalue weighted by atomic mass is 35.5. The molecule has 0 spiro atoms. The lowest BCUT2D eigenvalue weighted by Crippen LogP contribution is -2.26. The maximum atomic E-state index is 12.9. The molecule has 0 amide bonds. The van der Waals surface area contributed by atoms with Crippen molar-refractivity contribution in [3.05, 3.63) is 63.9 Å². The lowest BCUT2D eigenvalue weighted by Gasteiger charge is -2.27. The number of aryl methyl sites for hydroxylation is 1. The monoisotopic (exact) mass is 305 g/mol. The Hall–Kier alpha value is -1.58. The number of rotatable bonds is 3. The molecule has 2 aromatic rings. The Labute approximate surface area is 128 Å². The van der Waals surface area contributed by atoms with Gasteiger partial charge in [-0.3, -0.25) is 0 Å². The van der Waals surface area contributed by atoms with E-state index in [0.717, 1.165) is 33.9 Å². The van der Waals surface area contributed by atoms with Crippen molar-refractivity contribution in [2.75, 3.05) is 6.61 Å². The lowest BCUT2D eigenvalue weighted by atomic mass is 9.98. The number of halogens is 2. The quantitative estimate of drug-likeness (QED) is 0.907. The number of nitrogens with one attached hydrogen (secondary N) is 1. The van der Waals surface area contributed by atoms with E-state index >= 15 is 0 Å². The van der Waals surface area contributed by atoms with Gasteiger partial charge in [-0.25, -0.2) is 4.39 Å². The second-order valence-electron chi connectivity index (χ2n) is 5.34. The van der Waals surface area contributed by atoms with Crippen molar-refractivity contribution in [3.8, 4) is 5.75 Å². The molecule has 1 aliphatic rings. The fourth-order valence-electron chi connectivity index (χ4n) is 2.57. The molecular weight excluding hydrogens is 289 g/mol. The zero-order chi connectivity index (χ0) is 14.8. The summed E-state index contributed by atoms with van der Waals surface area (Å²) < 4.78 is 18.6. The molecule has 0 radical (unpaired) electrons. The van der Waals surface area contributed by atoms with Crippen LogP contribution in [0.5, 0.6) is 5.75 Å². The minimum absolute atomic E-state index is 0.205. The van der Waals surface area contributed by atoms with Crippen LogP contribution in [0, 0.1) is 12.7 Å². The number of hydrogen-bond acceptors (Lipinski definition) is 2. The van der Waals surface area contributed by atoms with E-state index < -0.39 is 0 Å². The van der Waals surface area contributed by atoms with Gasteiger partial charge in [0.2, 0.25) is 0 Å². The van der Waals surface area contributed by atoms with Crippen LogP contribution in [0.2, 0.25) is 5.02 Å². The van der Waals surface area contributed by atoms with E-state index in [1.807, 2.05) is 19.1 Å². The Morgan fingerprint density at radius 2 is 2.05 bits per heavy atom. The van der Waals surface area contributed by atoms with Gasteiger partial charge in [-0.2, -0.15) is 0 Å². The highest BCUT2D eigenvalue weighted by Gasteiger charge is 2.22. The molecule has 2 aromatic carbocycles. The van der Waals surface area contributed by atoms with Gasteiger partial charge in [0.15, 0.2) is 0 Å². The fraction of sp³-hybridized carbons (Fsp3) is 0.294. The van der Waals surface area contributed by atoms with Crippen LogP contribution in [0.1, 0.15) is 29.2 Å². The third-order valence-corrected chi connectivity index (χ3v) is 4.20. The predicted molar refractivity (Wildman–Crippen MR) is 82.3 cm³/mol. The largest absolute Gasteiger partial charge is 0.493 e. The summed E-state index contributed by atoms with van der Waals surface area (Å²) in [5.74, 6) is 0.692. The van der Waals surface area contributed by atoms with Gasteiger partial charge in [0.25, 0.3) is 0 Å². The van der Waals surface area contributed by atoms with Crippen molar-refractivity contribution in [1.82, 2.24) is 5.32 Å². The normalized spacial score (nSPS) is 17.2. The molecule has 1 atom stereocenters. The molecule has 1 N–H and O–H groups in total. The second-order valence-corrected chi connectivity index (χ2v) is 5.74. The highest BCUT2D eigenvalue weighted by Crippen LogP contribution is 2.36. The summed E-state index contributed by atoms with van der Waals surface area (Å²) >= 11 is 6.22. The van der Waals surface area contributed by atoms with Gasteiger partial charge in [-0.05, 0) is 42.3 Å². The van der Waals surface area contributed by atoms with Gasteiger partial charge >= 0.3 is 0 Å². The SMILES string of the molecule is Cc1cc2c(cc1Cl)C(NCc1ccc(F)cc1)CCO2. The van der Waals surface area contributed by atoms with E-state index in [4.69, 9.17) is 16.3 Å². The van der Waals surface area contributed by atoms with E-state index in [2.05, 4.69) is 5.32 Å². The van der Waals surface area contributed by atoms with Crippen molar-refractivity contribution in [2.45, 2.75) is 25.9 Å². The van der Waals surface area contributed by atoms with Crippen molar-refractivity contribution in [2.24, 2.45) is 0 Å². The summed E-state index contributed by atoms with van der Waals surface area (Å²) in [4.78, 5) is 0. The Balaban J connectivity index is 1.76. The molecule has 0 saturated carbocycles. The zero-order valence-corrected chi connectivity index (χ0v) is 12.6. The first-order valence-electron chi connectivity index (χ1n) is 7.04. The molecule has 1 aliphatic heterocycles.